The van der Waals surface area contributed by atoms with E-state index in [-0.39, 0.29) is 11.4 Å². The minimum atomic E-state index is -4.59. The highest BCUT2D eigenvalue weighted by Crippen LogP contribution is 2.40. The van der Waals surface area contributed by atoms with Crippen LogP contribution in [0.15, 0.2) is 42.7 Å². The maximum Gasteiger partial charge on any atom is 0.433 e. The number of ether oxygens (including phenoxy) is 1. The van der Waals surface area contributed by atoms with Gasteiger partial charge in [0.05, 0.1) is 59.7 Å². The summed E-state index contributed by atoms with van der Waals surface area (Å²) < 4.78 is 45.8. The Morgan fingerprint density at radius 1 is 1.15 bits per heavy atom. The number of amides is 1. The zero-order valence-corrected chi connectivity index (χ0v) is 21.4. The van der Waals surface area contributed by atoms with Gasteiger partial charge in [0.25, 0.3) is 5.91 Å². The molecular formula is C27H28F3N7O2. The number of pyridine rings is 2. The molecule has 3 aromatic rings. The van der Waals surface area contributed by atoms with Gasteiger partial charge in [0, 0.05) is 19.1 Å². The van der Waals surface area contributed by atoms with Crippen LogP contribution in [0.5, 0.6) is 0 Å². The molecule has 4 heterocycles. The maximum atomic E-state index is 13.1. The van der Waals surface area contributed by atoms with E-state index in [1.165, 1.54) is 29.2 Å². The number of rotatable bonds is 5. The van der Waals surface area contributed by atoms with E-state index in [2.05, 4.69) is 31.4 Å². The summed E-state index contributed by atoms with van der Waals surface area (Å²) in [5.41, 5.74) is -0.0679. The molecule has 0 bridgehead atoms. The Morgan fingerprint density at radius 2 is 1.90 bits per heavy atom. The van der Waals surface area contributed by atoms with E-state index in [0.717, 1.165) is 45.2 Å². The summed E-state index contributed by atoms with van der Waals surface area (Å²) in [6, 6.07) is 9.93. The topological polar surface area (TPSA) is 109 Å². The molecule has 39 heavy (non-hydrogen) atoms. The normalized spacial score (nSPS) is 22.3. The Hall–Kier alpha value is -3.82. The van der Waals surface area contributed by atoms with Crippen LogP contribution in [0.2, 0.25) is 0 Å². The van der Waals surface area contributed by atoms with Crippen LogP contribution in [-0.2, 0) is 16.3 Å². The van der Waals surface area contributed by atoms with Gasteiger partial charge >= 0.3 is 6.18 Å². The van der Waals surface area contributed by atoms with Crippen molar-refractivity contribution in [3.63, 3.8) is 0 Å². The largest absolute Gasteiger partial charge is 0.433 e. The standard InChI is InChI=1S/C27H28F3N7O2/c1-18-21(16-33-37(18)24-4-2-3-23(35-24)27(28,29)30)25(38)34-19-5-6-22(32-15-19)26(17-31)9-7-20(8-10-26)36-11-13-39-14-12-36/h2-6,15-16,20H,7-14H2,1H3,(H,34,38). The van der Waals surface area contributed by atoms with Crippen molar-refractivity contribution in [2.45, 2.75) is 50.2 Å². The molecule has 0 aromatic carbocycles. The maximum absolute atomic E-state index is 13.1. The van der Waals surface area contributed by atoms with Crippen molar-refractivity contribution < 1.29 is 22.7 Å². The van der Waals surface area contributed by atoms with Crippen LogP contribution in [0, 0.1) is 18.3 Å². The Kier molecular flexibility index (Phi) is 7.38. The second kappa shape index (κ2) is 10.7. The van der Waals surface area contributed by atoms with E-state index in [1.54, 1.807) is 19.1 Å². The number of morpholine rings is 1. The number of carbonyl (C=O) groups is 1. The Morgan fingerprint density at radius 3 is 2.54 bits per heavy atom. The van der Waals surface area contributed by atoms with Gasteiger partial charge in [0.1, 0.15) is 5.69 Å². The summed E-state index contributed by atoms with van der Waals surface area (Å²) in [5.74, 6) is -0.529. The quantitative estimate of drug-likeness (QED) is 0.516. The summed E-state index contributed by atoms with van der Waals surface area (Å²) in [4.78, 5) is 23.5. The van der Waals surface area contributed by atoms with Crippen LogP contribution in [0.3, 0.4) is 0 Å². The van der Waals surface area contributed by atoms with Gasteiger partial charge < -0.3 is 10.1 Å². The molecule has 0 radical (unpaired) electrons. The van der Waals surface area contributed by atoms with Gasteiger partial charge in [-0.3, -0.25) is 14.7 Å². The molecule has 5 rings (SSSR count). The number of anilines is 1. The molecule has 1 aliphatic carbocycles. The lowest BCUT2D eigenvalue weighted by Crippen LogP contribution is -2.47. The van der Waals surface area contributed by atoms with Gasteiger partial charge in [-0.25, -0.2) is 9.67 Å². The van der Waals surface area contributed by atoms with Crippen LogP contribution >= 0.6 is 0 Å². The summed E-state index contributed by atoms with van der Waals surface area (Å²) in [6.07, 6.45) is 1.47. The van der Waals surface area contributed by atoms with E-state index in [1.807, 2.05) is 0 Å². The number of hydrogen-bond donors (Lipinski definition) is 1. The van der Waals surface area contributed by atoms with Crippen molar-refractivity contribution in [3.05, 3.63) is 65.4 Å². The molecule has 0 atom stereocenters. The zero-order chi connectivity index (χ0) is 27.6. The molecule has 12 heteroatoms. The SMILES string of the molecule is Cc1c(C(=O)Nc2ccc(C3(C#N)CCC(N4CCOCC4)CC3)nc2)cnn1-c1cccc(C(F)(F)F)n1. The molecule has 1 saturated carbocycles. The number of nitriles is 1. The van der Waals surface area contributed by atoms with Gasteiger partial charge in [0.15, 0.2) is 5.82 Å². The first-order valence-corrected chi connectivity index (χ1v) is 12.8. The highest BCUT2D eigenvalue weighted by Gasteiger charge is 2.40. The third-order valence-electron chi connectivity index (χ3n) is 7.59. The number of halogens is 3. The summed E-state index contributed by atoms with van der Waals surface area (Å²) in [7, 11) is 0. The van der Waals surface area contributed by atoms with Crippen molar-refractivity contribution >= 4 is 11.6 Å². The average molecular weight is 540 g/mol. The third kappa shape index (κ3) is 5.51. The number of alkyl halides is 3. The van der Waals surface area contributed by atoms with E-state index in [4.69, 9.17) is 4.74 Å². The van der Waals surface area contributed by atoms with Crippen molar-refractivity contribution in [2.24, 2.45) is 0 Å². The monoisotopic (exact) mass is 539 g/mol. The van der Waals surface area contributed by atoms with E-state index < -0.39 is 23.2 Å². The van der Waals surface area contributed by atoms with Crippen LogP contribution in [-0.4, -0.2) is 62.9 Å². The fourth-order valence-corrected chi connectivity index (χ4v) is 5.34. The molecule has 1 saturated heterocycles. The molecule has 204 valence electrons. The van der Waals surface area contributed by atoms with Gasteiger partial charge in [-0.15, -0.1) is 0 Å². The molecule has 1 aliphatic heterocycles. The van der Waals surface area contributed by atoms with Crippen molar-refractivity contribution in [2.75, 3.05) is 31.6 Å². The van der Waals surface area contributed by atoms with Crippen LogP contribution in [0.25, 0.3) is 5.82 Å². The number of nitrogens with zero attached hydrogens (tertiary/aromatic N) is 6. The third-order valence-corrected chi connectivity index (χ3v) is 7.59. The molecule has 1 N–H and O–H groups in total. The Balaban J connectivity index is 1.26. The molecule has 9 nitrogen and oxygen atoms in total. The smallest absolute Gasteiger partial charge is 0.379 e. The van der Waals surface area contributed by atoms with Crippen LogP contribution in [0.4, 0.5) is 18.9 Å². The first kappa shape index (κ1) is 26.8. The molecule has 0 unspecified atom stereocenters. The number of hydrogen-bond acceptors (Lipinski definition) is 7. The average Bonchev–Trinajstić information content (AvgIpc) is 3.35. The lowest BCUT2D eigenvalue weighted by molar-refractivity contribution is -0.141. The second-order valence-electron chi connectivity index (χ2n) is 9.89. The summed E-state index contributed by atoms with van der Waals surface area (Å²) in [6.45, 7) is 4.92. The first-order chi connectivity index (χ1) is 18.7. The summed E-state index contributed by atoms with van der Waals surface area (Å²) in [5, 5.41) is 16.9. The predicted molar refractivity (Wildman–Crippen MR) is 135 cm³/mol. The van der Waals surface area contributed by atoms with E-state index >= 15 is 0 Å². The molecule has 0 spiro atoms. The minimum absolute atomic E-state index is 0.0439. The van der Waals surface area contributed by atoms with Crippen molar-refractivity contribution in [1.29, 1.82) is 5.26 Å². The number of aromatic nitrogens is 4. The zero-order valence-electron chi connectivity index (χ0n) is 21.4. The second-order valence-corrected chi connectivity index (χ2v) is 9.89. The number of carbonyl (C=O) groups excluding carboxylic acids is 1. The predicted octanol–water partition coefficient (Wildman–Crippen LogP) is 4.28. The van der Waals surface area contributed by atoms with E-state index in [9.17, 15) is 23.2 Å². The van der Waals surface area contributed by atoms with Crippen molar-refractivity contribution in [3.8, 4) is 11.9 Å². The van der Waals surface area contributed by atoms with Crippen molar-refractivity contribution in [1.82, 2.24) is 24.6 Å². The Bertz CT molecular complexity index is 1370. The molecule has 1 amide bonds. The highest BCUT2D eigenvalue weighted by atomic mass is 19.4. The fourth-order valence-electron chi connectivity index (χ4n) is 5.34. The van der Waals surface area contributed by atoms with Gasteiger partial charge in [-0.05, 0) is 56.9 Å². The Labute approximate surface area is 223 Å². The van der Waals surface area contributed by atoms with Gasteiger partial charge in [-0.1, -0.05) is 6.07 Å². The molecule has 2 fully saturated rings. The molecule has 3 aromatic heterocycles. The first-order valence-electron chi connectivity index (χ1n) is 12.8. The lowest BCUT2D eigenvalue weighted by atomic mass is 9.71. The summed E-state index contributed by atoms with van der Waals surface area (Å²) >= 11 is 0. The van der Waals surface area contributed by atoms with Crippen LogP contribution in [0.1, 0.15) is 53.1 Å². The molecule has 2 aliphatic rings. The minimum Gasteiger partial charge on any atom is -0.379 e. The van der Waals surface area contributed by atoms with E-state index in [0.29, 0.717) is 36.0 Å². The van der Waals surface area contributed by atoms with Gasteiger partial charge in [0.2, 0.25) is 0 Å². The fraction of sp³-hybridized carbons (Fsp3) is 0.444. The van der Waals surface area contributed by atoms with Gasteiger partial charge in [-0.2, -0.15) is 23.5 Å². The molecular weight excluding hydrogens is 511 g/mol. The van der Waals surface area contributed by atoms with Crippen LogP contribution < -0.4 is 5.32 Å². The number of nitrogens with one attached hydrogen (secondary N) is 1. The lowest BCUT2D eigenvalue weighted by Gasteiger charge is -2.41. The highest BCUT2D eigenvalue weighted by molar-refractivity contribution is 6.04.